The summed E-state index contributed by atoms with van der Waals surface area (Å²) < 4.78 is 0. The van der Waals surface area contributed by atoms with E-state index in [2.05, 4.69) is 34.7 Å². The van der Waals surface area contributed by atoms with Crippen LogP contribution in [0.2, 0.25) is 0 Å². The molecule has 0 bridgehead atoms. The maximum Gasteiger partial charge on any atom is 0.170 e. The highest BCUT2D eigenvalue weighted by molar-refractivity contribution is 7.07. The average Bonchev–Trinajstić information content (AvgIpc) is 3.06. The van der Waals surface area contributed by atoms with Gasteiger partial charge in [-0.2, -0.15) is 11.3 Å². The van der Waals surface area contributed by atoms with E-state index in [4.69, 9.17) is 0 Å². The summed E-state index contributed by atoms with van der Waals surface area (Å²) in [4.78, 5) is 12.9. The lowest BCUT2D eigenvalue weighted by Crippen LogP contribution is -2.30. The molecule has 0 saturated heterocycles. The molecule has 1 nitrogen and oxygen atoms in total. The van der Waals surface area contributed by atoms with Gasteiger partial charge in [-0.3, -0.25) is 4.79 Å². The third-order valence-corrected chi connectivity index (χ3v) is 4.73. The summed E-state index contributed by atoms with van der Waals surface area (Å²) in [6, 6.07) is 10.1. The summed E-state index contributed by atoms with van der Waals surface area (Å²) in [5, 5.41) is 4.21. The molecule has 0 unspecified atom stereocenters. The van der Waals surface area contributed by atoms with Gasteiger partial charge in [0.1, 0.15) is 0 Å². The third-order valence-electron chi connectivity index (χ3n) is 4.00. The van der Waals surface area contributed by atoms with Gasteiger partial charge >= 0.3 is 0 Å². The van der Waals surface area contributed by atoms with E-state index in [1.54, 1.807) is 11.3 Å². The van der Waals surface area contributed by atoms with Crippen LogP contribution in [-0.4, -0.2) is 5.78 Å². The van der Waals surface area contributed by atoms with Crippen LogP contribution in [0.3, 0.4) is 0 Å². The molecule has 2 heteroatoms. The second-order valence-corrected chi connectivity index (χ2v) is 6.14. The number of benzene rings is 1. The van der Waals surface area contributed by atoms with Crippen molar-refractivity contribution in [2.24, 2.45) is 5.41 Å². The Bertz CT molecular complexity index is 684. The van der Waals surface area contributed by atoms with Crippen LogP contribution in [0.25, 0.3) is 0 Å². The van der Waals surface area contributed by atoms with Crippen LogP contribution < -0.4 is 0 Å². The second kappa shape index (κ2) is 5.26. The SMILES string of the molecule is CC#CC[C@]1(Cc2ccsc2)Cc2ccccc2C1=O. The topological polar surface area (TPSA) is 17.1 Å². The Morgan fingerprint density at radius 2 is 2.15 bits per heavy atom. The van der Waals surface area contributed by atoms with Gasteiger partial charge in [-0.05, 0) is 47.7 Å². The van der Waals surface area contributed by atoms with Gasteiger partial charge in [-0.15, -0.1) is 11.8 Å². The van der Waals surface area contributed by atoms with Crippen molar-refractivity contribution in [2.45, 2.75) is 26.2 Å². The van der Waals surface area contributed by atoms with Crippen LogP contribution in [0.1, 0.15) is 34.8 Å². The fourth-order valence-electron chi connectivity index (χ4n) is 3.02. The number of rotatable bonds is 3. The van der Waals surface area contributed by atoms with Gasteiger partial charge in [-0.25, -0.2) is 0 Å². The summed E-state index contributed by atoms with van der Waals surface area (Å²) in [6.07, 6.45) is 2.25. The molecular weight excluding hydrogens is 264 g/mol. The van der Waals surface area contributed by atoms with Crippen molar-refractivity contribution in [1.29, 1.82) is 0 Å². The normalized spacial score (nSPS) is 20.4. The molecule has 0 fully saturated rings. The van der Waals surface area contributed by atoms with Crippen LogP contribution in [0.15, 0.2) is 41.1 Å². The fraction of sp³-hybridized carbons (Fsp3) is 0.278. The molecule has 2 aromatic rings. The molecule has 100 valence electrons. The van der Waals surface area contributed by atoms with E-state index in [0.717, 1.165) is 18.4 Å². The van der Waals surface area contributed by atoms with E-state index < -0.39 is 0 Å². The number of hydrogen-bond acceptors (Lipinski definition) is 2. The minimum atomic E-state index is -0.367. The zero-order chi connectivity index (χ0) is 14.0. The molecule has 0 amide bonds. The van der Waals surface area contributed by atoms with Crippen molar-refractivity contribution >= 4 is 17.1 Å². The summed E-state index contributed by atoms with van der Waals surface area (Å²) in [5.41, 5.74) is 2.94. The van der Waals surface area contributed by atoms with E-state index in [9.17, 15) is 4.79 Å². The number of thiophene rings is 1. The Labute approximate surface area is 123 Å². The van der Waals surface area contributed by atoms with E-state index in [-0.39, 0.29) is 11.2 Å². The molecular formula is C18H16OS. The molecule has 1 aromatic carbocycles. The number of carbonyl (C=O) groups excluding carboxylic acids is 1. The lowest BCUT2D eigenvalue weighted by molar-refractivity contribution is 0.0824. The van der Waals surface area contributed by atoms with Crippen molar-refractivity contribution in [1.82, 2.24) is 0 Å². The van der Waals surface area contributed by atoms with Crippen molar-refractivity contribution in [2.75, 3.05) is 0 Å². The molecule has 1 aromatic heterocycles. The van der Waals surface area contributed by atoms with Crippen molar-refractivity contribution in [3.63, 3.8) is 0 Å². The maximum absolute atomic E-state index is 12.9. The van der Waals surface area contributed by atoms with E-state index in [1.165, 1.54) is 11.1 Å². The summed E-state index contributed by atoms with van der Waals surface area (Å²) >= 11 is 1.68. The van der Waals surface area contributed by atoms with Gasteiger partial charge in [0.15, 0.2) is 5.78 Å². The van der Waals surface area contributed by atoms with Gasteiger partial charge in [0.05, 0.1) is 5.41 Å². The van der Waals surface area contributed by atoms with Crippen LogP contribution >= 0.6 is 11.3 Å². The van der Waals surface area contributed by atoms with Gasteiger partial charge < -0.3 is 0 Å². The third kappa shape index (κ3) is 2.19. The molecule has 1 aliphatic rings. The van der Waals surface area contributed by atoms with E-state index in [1.807, 2.05) is 25.1 Å². The zero-order valence-corrected chi connectivity index (χ0v) is 12.3. The van der Waals surface area contributed by atoms with E-state index in [0.29, 0.717) is 6.42 Å². The Balaban J connectivity index is 2.00. The Kier molecular flexibility index (Phi) is 3.46. The van der Waals surface area contributed by atoms with Crippen LogP contribution in [-0.2, 0) is 12.8 Å². The van der Waals surface area contributed by atoms with Gasteiger partial charge in [0, 0.05) is 12.0 Å². The van der Waals surface area contributed by atoms with Crippen molar-refractivity contribution < 1.29 is 4.79 Å². The van der Waals surface area contributed by atoms with Crippen LogP contribution in [0.4, 0.5) is 0 Å². The second-order valence-electron chi connectivity index (χ2n) is 5.36. The first-order valence-corrected chi connectivity index (χ1v) is 7.73. The first-order valence-electron chi connectivity index (χ1n) is 6.78. The van der Waals surface area contributed by atoms with Gasteiger partial charge in [0.2, 0.25) is 0 Å². The standard InChI is InChI=1S/C18H16OS/c1-2-3-9-18(11-14-8-10-20-13-14)12-15-6-4-5-7-16(15)17(18)19/h4-8,10,13H,9,11-12H2,1H3/t18-/m0/s1. The zero-order valence-electron chi connectivity index (χ0n) is 11.5. The summed E-state index contributed by atoms with van der Waals surface area (Å²) in [5.74, 6) is 6.35. The first-order chi connectivity index (χ1) is 9.75. The van der Waals surface area contributed by atoms with Gasteiger partial charge in [-0.1, -0.05) is 24.3 Å². The predicted octanol–water partition coefficient (Wildman–Crippen LogP) is 4.13. The molecule has 0 spiro atoms. The quantitative estimate of drug-likeness (QED) is 0.773. The molecule has 1 aliphatic carbocycles. The lowest BCUT2D eigenvalue weighted by atomic mass is 9.76. The molecule has 1 atom stereocenters. The minimum Gasteiger partial charge on any atom is -0.293 e. The molecule has 0 radical (unpaired) electrons. The van der Waals surface area contributed by atoms with E-state index >= 15 is 0 Å². The lowest BCUT2D eigenvalue weighted by Gasteiger charge is -2.24. The molecule has 20 heavy (non-hydrogen) atoms. The number of hydrogen-bond donors (Lipinski definition) is 0. The van der Waals surface area contributed by atoms with Gasteiger partial charge in [0.25, 0.3) is 0 Å². The Morgan fingerprint density at radius 3 is 2.85 bits per heavy atom. The molecule has 0 aliphatic heterocycles. The monoisotopic (exact) mass is 280 g/mol. The van der Waals surface area contributed by atoms with Crippen molar-refractivity contribution in [3.05, 3.63) is 57.8 Å². The first kappa shape index (κ1) is 13.1. The number of ketones is 1. The summed E-state index contributed by atoms with van der Waals surface area (Å²) in [7, 11) is 0. The largest absolute Gasteiger partial charge is 0.293 e. The smallest absolute Gasteiger partial charge is 0.170 e. The highest BCUT2D eigenvalue weighted by atomic mass is 32.1. The Hall–Kier alpha value is -1.85. The summed E-state index contributed by atoms with van der Waals surface area (Å²) in [6.45, 7) is 1.84. The predicted molar refractivity (Wildman–Crippen MR) is 83.0 cm³/mol. The minimum absolute atomic E-state index is 0.266. The highest BCUT2D eigenvalue weighted by Crippen LogP contribution is 2.42. The molecule has 0 N–H and O–H groups in total. The van der Waals surface area contributed by atoms with Crippen LogP contribution in [0.5, 0.6) is 0 Å². The number of fused-ring (bicyclic) bond motifs is 1. The molecule has 1 heterocycles. The molecule has 3 rings (SSSR count). The maximum atomic E-state index is 12.9. The fourth-order valence-corrected chi connectivity index (χ4v) is 3.68. The molecule has 0 saturated carbocycles. The van der Waals surface area contributed by atoms with Crippen molar-refractivity contribution in [3.8, 4) is 11.8 Å². The highest BCUT2D eigenvalue weighted by Gasteiger charge is 2.44. The van der Waals surface area contributed by atoms with Crippen LogP contribution in [0, 0.1) is 17.3 Å². The number of Topliss-reactive ketones (excluding diaryl/α,β-unsaturated/α-hetero) is 1. The Morgan fingerprint density at radius 1 is 1.30 bits per heavy atom. The average molecular weight is 280 g/mol. The number of carbonyl (C=O) groups is 1.